The largest absolute Gasteiger partial charge is 0.489 e. The lowest BCUT2D eigenvalue weighted by atomic mass is 10.0. The SMILES string of the molecule is Cc1c(CC(=O)O)cccc1Oc1cc(OCc2ccc3ocnc3c2)ccc1C#N. The van der Waals surface area contributed by atoms with Crippen LogP contribution in [0.25, 0.3) is 11.1 Å². The maximum atomic E-state index is 11.1. The van der Waals surface area contributed by atoms with Crippen LogP contribution in [0.15, 0.2) is 65.4 Å². The minimum atomic E-state index is -0.919. The summed E-state index contributed by atoms with van der Waals surface area (Å²) in [5, 5.41) is 18.5. The van der Waals surface area contributed by atoms with Gasteiger partial charge in [-0.15, -0.1) is 0 Å². The zero-order valence-corrected chi connectivity index (χ0v) is 16.7. The normalized spacial score (nSPS) is 10.6. The number of hydrogen-bond acceptors (Lipinski definition) is 6. The number of hydrogen-bond donors (Lipinski definition) is 1. The lowest BCUT2D eigenvalue weighted by Crippen LogP contribution is -2.03. The van der Waals surface area contributed by atoms with Gasteiger partial charge in [0.2, 0.25) is 0 Å². The number of benzene rings is 3. The Morgan fingerprint density at radius 3 is 2.84 bits per heavy atom. The van der Waals surface area contributed by atoms with E-state index < -0.39 is 5.97 Å². The molecule has 1 heterocycles. The molecule has 7 nitrogen and oxygen atoms in total. The number of nitriles is 1. The van der Waals surface area contributed by atoms with E-state index in [1.807, 2.05) is 18.2 Å². The molecule has 0 radical (unpaired) electrons. The molecule has 0 aliphatic heterocycles. The first-order chi connectivity index (χ1) is 15.0. The van der Waals surface area contributed by atoms with Crippen LogP contribution in [-0.4, -0.2) is 16.1 Å². The average molecular weight is 414 g/mol. The Balaban J connectivity index is 1.55. The number of fused-ring (bicyclic) bond motifs is 1. The summed E-state index contributed by atoms with van der Waals surface area (Å²) >= 11 is 0. The number of rotatable bonds is 7. The van der Waals surface area contributed by atoms with Crippen LogP contribution in [-0.2, 0) is 17.8 Å². The molecule has 0 atom stereocenters. The zero-order valence-electron chi connectivity index (χ0n) is 16.7. The second-order valence-corrected chi connectivity index (χ2v) is 6.93. The molecule has 0 bridgehead atoms. The first-order valence-corrected chi connectivity index (χ1v) is 9.50. The number of aromatic nitrogens is 1. The van der Waals surface area contributed by atoms with Crippen molar-refractivity contribution in [1.29, 1.82) is 5.26 Å². The fraction of sp³-hybridized carbons (Fsp3) is 0.125. The summed E-state index contributed by atoms with van der Waals surface area (Å²) in [6.45, 7) is 2.10. The van der Waals surface area contributed by atoms with Crippen molar-refractivity contribution in [3.8, 4) is 23.3 Å². The molecule has 0 aliphatic carbocycles. The third-order valence-corrected chi connectivity index (χ3v) is 4.83. The van der Waals surface area contributed by atoms with Gasteiger partial charge in [-0.05, 0) is 53.9 Å². The first-order valence-electron chi connectivity index (χ1n) is 9.50. The maximum absolute atomic E-state index is 11.1. The van der Waals surface area contributed by atoms with E-state index in [4.69, 9.17) is 19.0 Å². The molecule has 0 saturated heterocycles. The summed E-state index contributed by atoms with van der Waals surface area (Å²) < 4.78 is 17.1. The van der Waals surface area contributed by atoms with E-state index in [2.05, 4.69) is 11.1 Å². The minimum absolute atomic E-state index is 0.104. The summed E-state index contributed by atoms with van der Waals surface area (Å²) in [5.74, 6) is 0.442. The monoisotopic (exact) mass is 414 g/mol. The molecule has 1 aromatic heterocycles. The summed E-state index contributed by atoms with van der Waals surface area (Å²) in [4.78, 5) is 15.2. The average Bonchev–Trinajstić information content (AvgIpc) is 3.23. The number of carboxylic acid groups (broad SMARTS) is 1. The van der Waals surface area contributed by atoms with Crippen LogP contribution in [0.1, 0.15) is 22.3 Å². The predicted molar refractivity (Wildman–Crippen MR) is 112 cm³/mol. The highest BCUT2D eigenvalue weighted by Gasteiger charge is 2.13. The molecule has 0 spiro atoms. The van der Waals surface area contributed by atoms with E-state index in [1.165, 1.54) is 6.39 Å². The number of carboxylic acids is 1. The number of aliphatic carboxylic acids is 1. The Bertz CT molecular complexity index is 1300. The van der Waals surface area contributed by atoms with E-state index in [9.17, 15) is 10.1 Å². The molecule has 0 fully saturated rings. The Morgan fingerprint density at radius 1 is 1.16 bits per heavy atom. The van der Waals surface area contributed by atoms with Gasteiger partial charge >= 0.3 is 5.97 Å². The number of ether oxygens (including phenoxy) is 2. The smallest absolute Gasteiger partial charge is 0.307 e. The fourth-order valence-electron chi connectivity index (χ4n) is 3.17. The number of carbonyl (C=O) groups is 1. The second-order valence-electron chi connectivity index (χ2n) is 6.93. The minimum Gasteiger partial charge on any atom is -0.489 e. The summed E-state index contributed by atoms with van der Waals surface area (Å²) in [5.41, 5.74) is 4.09. The molecule has 31 heavy (non-hydrogen) atoms. The number of oxazole rings is 1. The predicted octanol–water partition coefficient (Wildman–Crippen LogP) is 5.01. The molecule has 4 rings (SSSR count). The van der Waals surface area contributed by atoms with Gasteiger partial charge in [0.05, 0.1) is 12.0 Å². The molecule has 1 N–H and O–H groups in total. The van der Waals surface area contributed by atoms with Crippen molar-refractivity contribution >= 4 is 17.1 Å². The summed E-state index contributed by atoms with van der Waals surface area (Å²) in [7, 11) is 0. The number of nitrogens with zero attached hydrogens (tertiary/aromatic N) is 2. The first kappa shape index (κ1) is 20.0. The van der Waals surface area contributed by atoms with Crippen LogP contribution in [0.4, 0.5) is 0 Å². The van der Waals surface area contributed by atoms with Gasteiger partial charge in [0.25, 0.3) is 0 Å². The Labute approximate surface area is 178 Å². The molecule has 0 aliphatic rings. The van der Waals surface area contributed by atoms with Crippen molar-refractivity contribution in [1.82, 2.24) is 4.98 Å². The van der Waals surface area contributed by atoms with Crippen molar-refractivity contribution in [2.75, 3.05) is 0 Å². The van der Waals surface area contributed by atoms with Gasteiger partial charge in [0.1, 0.15) is 35.4 Å². The fourth-order valence-corrected chi connectivity index (χ4v) is 3.17. The molecule has 0 saturated carbocycles. The molecule has 0 unspecified atom stereocenters. The Hall–Kier alpha value is -4.31. The Kier molecular flexibility index (Phi) is 5.54. The van der Waals surface area contributed by atoms with Gasteiger partial charge in [0, 0.05) is 6.07 Å². The maximum Gasteiger partial charge on any atom is 0.307 e. The van der Waals surface area contributed by atoms with Gasteiger partial charge in [0.15, 0.2) is 12.0 Å². The van der Waals surface area contributed by atoms with E-state index in [-0.39, 0.29) is 6.42 Å². The van der Waals surface area contributed by atoms with Crippen LogP contribution in [0.2, 0.25) is 0 Å². The van der Waals surface area contributed by atoms with E-state index in [0.29, 0.717) is 46.1 Å². The van der Waals surface area contributed by atoms with Gasteiger partial charge in [-0.25, -0.2) is 4.98 Å². The molecular weight excluding hydrogens is 396 g/mol. The van der Waals surface area contributed by atoms with Crippen molar-refractivity contribution < 1.29 is 23.8 Å². The van der Waals surface area contributed by atoms with Gasteiger partial charge in [-0.3, -0.25) is 4.79 Å². The molecular formula is C24H18N2O5. The second kappa shape index (κ2) is 8.59. The van der Waals surface area contributed by atoms with Crippen molar-refractivity contribution in [3.05, 3.63) is 83.2 Å². The van der Waals surface area contributed by atoms with E-state index in [0.717, 1.165) is 11.1 Å². The molecule has 3 aromatic carbocycles. The van der Waals surface area contributed by atoms with Gasteiger partial charge in [-0.1, -0.05) is 18.2 Å². The van der Waals surface area contributed by atoms with Crippen LogP contribution < -0.4 is 9.47 Å². The quantitative estimate of drug-likeness (QED) is 0.453. The summed E-state index contributed by atoms with van der Waals surface area (Å²) in [6.07, 6.45) is 1.29. The highest BCUT2D eigenvalue weighted by atomic mass is 16.5. The molecule has 0 amide bonds. The highest BCUT2D eigenvalue weighted by molar-refractivity contribution is 5.73. The van der Waals surface area contributed by atoms with Gasteiger partial charge < -0.3 is 19.0 Å². The van der Waals surface area contributed by atoms with Crippen LogP contribution in [0.3, 0.4) is 0 Å². The Morgan fingerprint density at radius 2 is 2.03 bits per heavy atom. The zero-order chi connectivity index (χ0) is 21.8. The molecule has 4 aromatic rings. The summed E-state index contributed by atoms with van der Waals surface area (Å²) in [6, 6.07) is 17.9. The van der Waals surface area contributed by atoms with E-state index in [1.54, 1.807) is 43.3 Å². The molecule has 7 heteroatoms. The topological polar surface area (TPSA) is 106 Å². The van der Waals surface area contributed by atoms with Crippen molar-refractivity contribution in [3.63, 3.8) is 0 Å². The third-order valence-electron chi connectivity index (χ3n) is 4.83. The van der Waals surface area contributed by atoms with Crippen molar-refractivity contribution in [2.24, 2.45) is 0 Å². The lowest BCUT2D eigenvalue weighted by Gasteiger charge is -2.14. The lowest BCUT2D eigenvalue weighted by molar-refractivity contribution is -0.136. The highest BCUT2D eigenvalue weighted by Crippen LogP contribution is 2.32. The third kappa shape index (κ3) is 4.49. The van der Waals surface area contributed by atoms with Crippen LogP contribution in [0.5, 0.6) is 17.2 Å². The van der Waals surface area contributed by atoms with Crippen molar-refractivity contribution in [2.45, 2.75) is 20.0 Å². The van der Waals surface area contributed by atoms with Gasteiger partial charge in [-0.2, -0.15) is 5.26 Å². The van der Waals surface area contributed by atoms with Crippen LogP contribution in [0, 0.1) is 18.3 Å². The molecule has 154 valence electrons. The van der Waals surface area contributed by atoms with Crippen LogP contribution >= 0.6 is 0 Å². The standard InChI is InChI=1S/C24H18N2O5/c1-15-17(10-24(27)28)3-2-4-21(15)31-23-11-19(7-6-18(23)12-25)29-13-16-5-8-22-20(9-16)26-14-30-22/h2-9,11,14H,10,13H2,1H3,(H,27,28). The van der Waals surface area contributed by atoms with E-state index >= 15 is 0 Å².